The molecule has 0 unspecified atom stereocenters. The lowest BCUT2D eigenvalue weighted by Gasteiger charge is -2.27. The van der Waals surface area contributed by atoms with Crippen LogP contribution in [0.2, 0.25) is 0 Å². The number of hydrogen-bond acceptors (Lipinski definition) is 5. The minimum atomic E-state index is -3.26. The molecule has 0 aliphatic rings. The van der Waals surface area contributed by atoms with Gasteiger partial charge in [0.25, 0.3) is 0 Å². The third-order valence-electron chi connectivity index (χ3n) is 5.74. The second-order valence-corrected chi connectivity index (χ2v) is 10.0. The molecule has 0 aliphatic heterocycles. The van der Waals surface area contributed by atoms with Crippen LogP contribution in [0.15, 0.2) is 84.9 Å². The Morgan fingerprint density at radius 1 is 0.649 bits per heavy atom. The van der Waals surface area contributed by atoms with Crippen LogP contribution in [0.25, 0.3) is 11.1 Å². The van der Waals surface area contributed by atoms with Gasteiger partial charge in [-0.25, -0.2) is 29.8 Å². The van der Waals surface area contributed by atoms with Crippen LogP contribution in [0, 0.1) is 31.0 Å². The van der Waals surface area contributed by atoms with Crippen molar-refractivity contribution < 1.29 is 21.2 Å². The van der Waals surface area contributed by atoms with Crippen LogP contribution in [0.5, 0.6) is 0 Å². The Labute approximate surface area is 217 Å². The first kappa shape index (κ1) is 25.9. The third-order valence-corrected chi connectivity index (χ3v) is 7.28. The number of aryl methyl sites for hydroxylation is 2. The maximum absolute atomic E-state index is 13.9. The monoisotopic (exact) mass is 535 g/mol. The van der Waals surface area contributed by atoms with Crippen molar-refractivity contribution in [2.45, 2.75) is 13.8 Å². The van der Waals surface area contributed by atoms with Crippen LogP contribution in [-0.2, 0) is 21.8 Å². The summed E-state index contributed by atoms with van der Waals surface area (Å²) in [6, 6.07) is 23.9. The molecule has 0 saturated heterocycles. The summed E-state index contributed by atoms with van der Waals surface area (Å²) >= 11 is 0. The van der Waals surface area contributed by atoms with Gasteiger partial charge < -0.3 is 0 Å². The van der Waals surface area contributed by atoms with Crippen LogP contribution >= 0.6 is 0 Å². The van der Waals surface area contributed by atoms with Gasteiger partial charge in [-0.15, -0.1) is 0 Å². The van der Waals surface area contributed by atoms with Crippen LogP contribution < -0.4 is 8.61 Å². The van der Waals surface area contributed by atoms with Gasteiger partial charge in [0.2, 0.25) is 21.8 Å². The van der Waals surface area contributed by atoms with E-state index in [2.05, 4.69) is 0 Å². The van der Waals surface area contributed by atoms with Crippen LogP contribution in [0.1, 0.15) is 16.7 Å². The van der Waals surface area contributed by atoms with E-state index in [-0.39, 0.29) is 16.9 Å². The fraction of sp³-hybridized carbons (Fsp3) is 0.0741. The number of halogens is 1. The average molecular weight is 536 g/mol. The summed E-state index contributed by atoms with van der Waals surface area (Å²) in [6.45, 7) is 3.73. The van der Waals surface area contributed by atoms with Crippen molar-refractivity contribution in [3.63, 3.8) is 0 Å². The molecule has 188 valence electrons. The zero-order chi connectivity index (χ0) is 26.7. The molecule has 10 heteroatoms. The van der Waals surface area contributed by atoms with E-state index >= 15 is 0 Å². The molecule has 4 aromatic rings. The quantitative estimate of drug-likeness (QED) is 0.313. The first-order valence-corrected chi connectivity index (χ1v) is 13.3. The lowest BCUT2D eigenvalue weighted by Crippen LogP contribution is -2.21. The second-order valence-electron chi connectivity index (χ2n) is 8.28. The Bertz CT molecular complexity index is 1640. The standard InChI is InChI=1S/C27H22FN3O4S2/c1-18-3-9-23(10-4-18)30(36(32)33)26-14-8-21(20-7-13-25(28)22(15-20)17-29)16-27(26)31(37(34)35)24-11-5-19(2)6-12-24/h3-16,36-37H,1-2H3. The third kappa shape index (κ3) is 5.48. The average Bonchev–Trinajstić information content (AvgIpc) is 2.87. The summed E-state index contributed by atoms with van der Waals surface area (Å²) in [7, 11) is -6.48. The highest BCUT2D eigenvalue weighted by atomic mass is 32.2. The molecule has 4 rings (SSSR count). The number of benzene rings is 4. The van der Waals surface area contributed by atoms with E-state index in [1.165, 1.54) is 24.3 Å². The molecular weight excluding hydrogens is 513 g/mol. The van der Waals surface area contributed by atoms with Crippen LogP contribution in [0.4, 0.5) is 27.1 Å². The lowest BCUT2D eigenvalue weighted by atomic mass is 10.0. The normalized spacial score (nSPS) is 10.9. The molecule has 0 N–H and O–H groups in total. The van der Waals surface area contributed by atoms with Gasteiger partial charge >= 0.3 is 0 Å². The number of nitrogens with zero attached hydrogens (tertiary/aromatic N) is 3. The summed E-state index contributed by atoms with van der Waals surface area (Å²) in [5.74, 6) is -0.680. The van der Waals surface area contributed by atoms with E-state index in [0.29, 0.717) is 22.5 Å². The van der Waals surface area contributed by atoms with E-state index in [9.17, 15) is 26.5 Å². The Balaban J connectivity index is 2.01. The Morgan fingerprint density at radius 3 is 1.59 bits per heavy atom. The second kappa shape index (κ2) is 10.8. The van der Waals surface area contributed by atoms with E-state index < -0.39 is 27.6 Å². The van der Waals surface area contributed by atoms with E-state index in [4.69, 9.17) is 0 Å². The van der Waals surface area contributed by atoms with Crippen molar-refractivity contribution in [3.05, 3.63) is 107 Å². The Hall–Kier alpha value is -4.20. The van der Waals surface area contributed by atoms with Crippen molar-refractivity contribution in [2.75, 3.05) is 8.61 Å². The van der Waals surface area contributed by atoms with Crippen LogP contribution in [0.3, 0.4) is 0 Å². The Morgan fingerprint density at radius 2 is 1.11 bits per heavy atom. The molecule has 0 aromatic heterocycles. The fourth-order valence-electron chi connectivity index (χ4n) is 3.86. The van der Waals surface area contributed by atoms with E-state index in [0.717, 1.165) is 25.8 Å². The van der Waals surface area contributed by atoms with Crippen molar-refractivity contribution in [1.82, 2.24) is 0 Å². The number of anilines is 4. The van der Waals surface area contributed by atoms with Gasteiger partial charge in [-0.3, -0.25) is 0 Å². The molecular formula is C27H22FN3O4S2. The Kier molecular flexibility index (Phi) is 7.57. The predicted octanol–water partition coefficient (Wildman–Crippen LogP) is 5.31. The van der Waals surface area contributed by atoms with E-state index in [1.807, 2.05) is 13.8 Å². The first-order valence-electron chi connectivity index (χ1n) is 11.1. The topological polar surface area (TPSA) is 98.5 Å². The SMILES string of the molecule is Cc1ccc(N(c2ccc(-c3ccc(F)c(C#N)c3)cc2N(c2ccc(C)cc2)[SH](=O)=O)[SH](=O)=O)cc1. The summed E-state index contributed by atoms with van der Waals surface area (Å²) in [5, 5.41) is 9.25. The number of rotatable bonds is 7. The predicted molar refractivity (Wildman–Crippen MR) is 144 cm³/mol. The minimum absolute atomic E-state index is 0.0695. The summed E-state index contributed by atoms with van der Waals surface area (Å²) in [5.41, 5.74) is 3.41. The van der Waals surface area contributed by atoms with Gasteiger partial charge in [-0.2, -0.15) is 5.26 Å². The highest BCUT2D eigenvalue weighted by molar-refractivity contribution is 7.75. The molecule has 0 fully saturated rings. The zero-order valence-corrected chi connectivity index (χ0v) is 21.6. The molecule has 7 nitrogen and oxygen atoms in total. The highest BCUT2D eigenvalue weighted by Gasteiger charge is 2.23. The van der Waals surface area contributed by atoms with Gasteiger partial charge in [-0.05, 0) is 73.5 Å². The highest BCUT2D eigenvalue weighted by Crippen LogP contribution is 2.41. The van der Waals surface area contributed by atoms with Crippen molar-refractivity contribution in [1.29, 1.82) is 5.26 Å². The fourth-order valence-corrected chi connectivity index (χ4v) is 5.18. The van der Waals surface area contributed by atoms with Gasteiger partial charge in [0.1, 0.15) is 11.9 Å². The maximum atomic E-state index is 13.9. The van der Waals surface area contributed by atoms with E-state index in [1.54, 1.807) is 60.7 Å². The molecule has 0 atom stereocenters. The van der Waals surface area contributed by atoms with Crippen molar-refractivity contribution in [2.24, 2.45) is 0 Å². The van der Waals surface area contributed by atoms with Crippen molar-refractivity contribution in [3.8, 4) is 17.2 Å². The largest absolute Gasteiger partial charge is 0.238 e. The smallest absolute Gasteiger partial charge is 0.229 e. The molecule has 4 aromatic carbocycles. The summed E-state index contributed by atoms with van der Waals surface area (Å²) < 4.78 is 66.2. The number of hydrogen-bond donors (Lipinski definition) is 2. The molecule has 0 spiro atoms. The van der Waals surface area contributed by atoms with Gasteiger partial charge in [-0.1, -0.05) is 47.5 Å². The molecule has 37 heavy (non-hydrogen) atoms. The lowest BCUT2D eigenvalue weighted by molar-refractivity contribution is 0.612. The van der Waals surface area contributed by atoms with Gasteiger partial charge in [0.05, 0.1) is 28.3 Å². The first-order chi connectivity index (χ1) is 17.7. The maximum Gasteiger partial charge on any atom is 0.229 e. The van der Waals surface area contributed by atoms with Gasteiger partial charge in [0, 0.05) is 0 Å². The molecule has 0 bridgehead atoms. The molecule has 0 saturated carbocycles. The minimum Gasteiger partial charge on any atom is -0.238 e. The van der Waals surface area contributed by atoms with Crippen molar-refractivity contribution >= 4 is 44.5 Å². The number of nitriles is 1. The molecule has 0 radical (unpaired) electrons. The zero-order valence-electron chi connectivity index (χ0n) is 19.8. The van der Waals surface area contributed by atoms with Gasteiger partial charge in [0.15, 0.2) is 0 Å². The van der Waals surface area contributed by atoms with Crippen LogP contribution in [-0.4, -0.2) is 16.8 Å². The number of thiol groups is 2. The summed E-state index contributed by atoms with van der Waals surface area (Å²) in [6.07, 6.45) is 0. The molecule has 0 aliphatic carbocycles. The molecule has 0 heterocycles. The summed E-state index contributed by atoms with van der Waals surface area (Å²) in [4.78, 5) is 0. The molecule has 0 amide bonds.